The molecule has 5 nitrogen and oxygen atoms in total. The van der Waals surface area contributed by atoms with Crippen molar-refractivity contribution >= 4 is 11.9 Å². The van der Waals surface area contributed by atoms with Gasteiger partial charge in [-0.05, 0) is 56.8 Å². The highest BCUT2D eigenvalue weighted by molar-refractivity contribution is 6.07. The van der Waals surface area contributed by atoms with E-state index < -0.39 is 5.54 Å². The van der Waals surface area contributed by atoms with Gasteiger partial charge < -0.3 is 11.1 Å². The van der Waals surface area contributed by atoms with E-state index >= 15 is 0 Å². The van der Waals surface area contributed by atoms with E-state index in [1.165, 1.54) is 10.5 Å². The van der Waals surface area contributed by atoms with Crippen LogP contribution in [0.5, 0.6) is 0 Å². The fraction of sp³-hybridized carbons (Fsp3) is 0.500. The zero-order valence-corrected chi connectivity index (χ0v) is 12.9. The van der Waals surface area contributed by atoms with Crippen molar-refractivity contribution in [1.29, 1.82) is 0 Å². The molecule has 0 aliphatic carbocycles. The molecule has 3 N–H and O–H groups in total. The van der Waals surface area contributed by atoms with E-state index in [9.17, 15) is 9.59 Å². The van der Waals surface area contributed by atoms with Gasteiger partial charge in [0.2, 0.25) is 0 Å². The maximum absolute atomic E-state index is 12.6. The molecule has 0 saturated carbocycles. The van der Waals surface area contributed by atoms with Crippen LogP contribution in [-0.4, -0.2) is 29.9 Å². The summed E-state index contributed by atoms with van der Waals surface area (Å²) in [6.07, 6.45) is 1.54. The SMILES string of the molecule is Cc1ccc(C2(C)NC(=O)N(CCCCN)C2=O)cc1C. The van der Waals surface area contributed by atoms with Crippen LogP contribution >= 0.6 is 0 Å². The number of aryl methyl sites for hydroxylation is 2. The normalized spacial score (nSPS) is 21.8. The number of hydrogen-bond donors (Lipinski definition) is 2. The van der Waals surface area contributed by atoms with Gasteiger partial charge in [0.05, 0.1) is 0 Å². The second-order valence-corrected chi connectivity index (χ2v) is 5.81. The van der Waals surface area contributed by atoms with Crippen LogP contribution in [-0.2, 0) is 10.3 Å². The third-order valence-electron chi connectivity index (χ3n) is 4.20. The lowest BCUT2D eigenvalue weighted by Crippen LogP contribution is -2.41. The van der Waals surface area contributed by atoms with Crippen LogP contribution in [0.25, 0.3) is 0 Å². The Bertz CT molecular complexity index is 571. The number of unbranched alkanes of at least 4 members (excludes halogenated alkanes) is 1. The van der Waals surface area contributed by atoms with E-state index in [4.69, 9.17) is 5.73 Å². The Morgan fingerprint density at radius 1 is 1.19 bits per heavy atom. The first kappa shape index (κ1) is 15.5. The predicted molar refractivity (Wildman–Crippen MR) is 81.8 cm³/mol. The van der Waals surface area contributed by atoms with Gasteiger partial charge in [0, 0.05) is 6.54 Å². The zero-order chi connectivity index (χ0) is 15.6. The molecule has 0 bridgehead atoms. The van der Waals surface area contributed by atoms with E-state index in [0.717, 1.165) is 24.0 Å². The molecule has 1 saturated heterocycles. The van der Waals surface area contributed by atoms with E-state index in [2.05, 4.69) is 5.32 Å². The number of hydrogen-bond acceptors (Lipinski definition) is 3. The summed E-state index contributed by atoms with van der Waals surface area (Å²) < 4.78 is 0. The topological polar surface area (TPSA) is 75.4 Å². The number of amides is 3. The molecular weight excluding hydrogens is 266 g/mol. The van der Waals surface area contributed by atoms with Crippen molar-refractivity contribution in [2.24, 2.45) is 5.73 Å². The molecule has 1 aliphatic rings. The molecule has 1 unspecified atom stereocenters. The van der Waals surface area contributed by atoms with Crippen molar-refractivity contribution in [3.63, 3.8) is 0 Å². The smallest absolute Gasteiger partial charge is 0.325 e. The number of nitrogens with two attached hydrogens (primary N) is 1. The van der Waals surface area contributed by atoms with Gasteiger partial charge in [0.15, 0.2) is 0 Å². The highest BCUT2D eigenvalue weighted by Gasteiger charge is 2.48. The Kier molecular flexibility index (Phi) is 4.32. The van der Waals surface area contributed by atoms with Crippen molar-refractivity contribution in [2.75, 3.05) is 13.1 Å². The lowest BCUT2D eigenvalue weighted by molar-refractivity contribution is -0.131. The molecule has 1 aromatic carbocycles. The minimum absolute atomic E-state index is 0.187. The monoisotopic (exact) mass is 289 g/mol. The van der Waals surface area contributed by atoms with Gasteiger partial charge in [0.25, 0.3) is 5.91 Å². The summed E-state index contributed by atoms with van der Waals surface area (Å²) in [5.41, 5.74) is 7.58. The molecule has 0 aromatic heterocycles. The van der Waals surface area contributed by atoms with Gasteiger partial charge in [-0.15, -0.1) is 0 Å². The van der Waals surface area contributed by atoms with Crippen LogP contribution in [0.3, 0.4) is 0 Å². The van der Waals surface area contributed by atoms with Crippen LogP contribution < -0.4 is 11.1 Å². The minimum atomic E-state index is -0.974. The minimum Gasteiger partial charge on any atom is -0.330 e. The largest absolute Gasteiger partial charge is 0.330 e. The number of carbonyl (C=O) groups excluding carboxylic acids is 2. The van der Waals surface area contributed by atoms with Crippen LogP contribution in [0.1, 0.15) is 36.5 Å². The van der Waals surface area contributed by atoms with Crippen LogP contribution in [0, 0.1) is 13.8 Å². The van der Waals surface area contributed by atoms with Crippen LogP contribution in [0.15, 0.2) is 18.2 Å². The van der Waals surface area contributed by atoms with Crippen molar-refractivity contribution in [1.82, 2.24) is 10.2 Å². The molecule has 5 heteroatoms. The summed E-state index contributed by atoms with van der Waals surface area (Å²) in [5.74, 6) is -0.187. The molecule has 114 valence electrons. The fourth-order valence-corrected chi connectivity index (χ4v) is 2.56. The van der Waals surface area contributed by atoms with Gasteiger partial charge in [0.1, 0.15) is 5.54 Å². The molecule has 1 fully saturated rings. The summed E-state index contributed by atoms with van der Waals surface area (Å²) in [6.45, 7) is 6.78. The van der Waals surface area contributed by atoms with E-state index in [0.29, 0.717) is 13.1 Å². The molecule has 2 rings (SSSR count). The molecule has 1 aliphatic heterocycles. The second-order valence-electron chi connectivity index (χ2n) is 5.81. The van der Waals surface area contributed by atoms with Gasteiger partial charge in [-0.3, -0.25) is 9.69 Å². The molecule has 3 amide bonds. The summed E-state index contributed by atoms with van der Waals surface area (Å²) in [6, 6.07) is 5.53. The molecular formula is C16H23N3O2. The number of nitrogens with one attached hydrogen (secondary N) is 1. The lowest BCUT2D eigenvalue weighted by Gasteiger charge is -2.23. The van der Waals surface area contributed by atoms with Crippen LogP contribution in [0.2, 0.25) is 0 Å². The maximum Gasteiger partial charge on any atom is 0.325 e. The number of rotatable bonds is 5. The molecule has 0 spiro atoms. The Hall–Kier alpha value is -1.88. The average molecular weight is 289 g/mol. The van der Waals surface area contributed by atoms with Crippen molar-refractivity contribution < 1.29 is 9.59 Å². The molecule has 1 heterocycles. The van der Waals surface area contributed by atoms with Crippen molar-refractivity contribution in [3.05, 3.63) is 34.9 Å². The Labute approximate surface area is 125 Å². The quantitative estimate of drug-likeness (QED) is 0.641. The van der Waals surface area contributed by atoms with Gasteiger partial charge in [-0.25, -0.2) is 4.79 Å². The maximum atomic E-state index is 12.6. The van der Waals surface area contributed by atoms with Gasteiger partial charge in [-0.2, -0.15) is 0 Å². The van der Waals surface area contributed by atoms with Gasteiger partial charge in [-0.1, -0.05) is 18.2 Å². The summed E-state index contributed by atoms with van der Waals surface area (Å²) >= 11 is 0. The fourth-order valence-electron chi connectivity index (χ4n) is 2.56. The lowest BCUT2D eigenvalue weighted by atomic mass is 9.89. The Morgan fingerprint density at radius 3 is 2.52 bits per heavy atom. The molecule has 21 heavy (non-hydrogen) atoms. The number of benzene rings is 1. The number of urea groups is 1. The standard InChI is InChI=1S/C16H23N3O2/c1-11-6-7-13(10-12(11)2)16(3)14(20)19(15(21)18-16)9-5-4-8-17/h6-7,10H,4-5,8-9,17H2,1-3H3,(H,18,21). The molecule has 0 radical (unpaired) electrons. The van der Waals surface area contributed by atoms with Gasteiger partial charge >= 0.3 is 6.03 Å². The Balaban J connectivity index is 2.24. The molecule has 1 aromatic rings. The third-order valence-corrected chi connectivity index (χ3v) is 4.20. The summed E-state index contributed by atoms with van der Waals surface area (Å²) in [7, 11) is 0. The van der Waals surface area contributed by atoms with E-state index in [-0.39, 0.29) is 11.9 Å². The number of nitrogens with zero attached hydrogens (tertiary/aromatic N) is 1. The number of imide groups is 1. The predicted octanol–water partition coefficient (Wildman–Crippen LogP) is 1.81. The van der Waals surface area contributed by atoms with Crippen molar-refractivity contribution in [3.8, 4) is 0 Å². The third kappa shape index (κ3) is 2.78. The first-order chi connectivity index (χ1) is 9.90. The first-order valence-corrected chi connectivity index (χ1v) is 7.32. The summed E-state index contributed by atoms with van der Waals surface area (Å²) in [5, 5.41) is 2.83. The zero-order valence-electron chi connectivity index (χ0n) is 12.9. The number of carbonyl (C=O) groups is 2. The molecule has 1 atom stereocenters. The van der Waals surface area contributed by atoms with Crippen molar-refractivity contribution in [2.45, 2.75) is 39.2 Å². The first-order valence-electron chi connectivity index (χ1n) is 7.32. The van der Waals surface area contributed by atoms with E-state index in [1.807, 2.05) is 32.0 Å². The average Bonchev–Trinajstić information content (AvgIpc) is 2.66. The second kappa shape index (κ2) is 5.85. The highest BCUT2D eigenvalue weighted by Crippen LogP contribution is 2.30. The van der Waals surface area contributed by atoms with E-state index in [1.54, 1.807) is 6.92 Å². The van der Waals surface area contributed by atoms with Crippen LogP contribution in [0.4, 0.5) is 4.79 Å². The summed E-state index contributed by atoms with van der Waals surface area (Å²) in [4.78, 5) is 26.0. The Morgan fingerprint density at radius 2 is 1.90 bits per heavy atom. The highest BCUT2D eigenvalue weighted by atomic mass is 16.2.